The predicted molar refractivity (Wildman–Crippen MR) is 81.6 cm³/mol. The van der Waals surface area contributed by atoms with Gasteiger partial charge in [-0.05, 0) is 31.2 Å². The highest BCUT2D eigenvalue weighted by Gasteiger charge is 2.22. The summed E-state index contributed by atoms with van der Waals surface area (Å²) >= 11 is 0. The second kappa shape index (κ2) is 5.94. The Balaban J connectivity index is 1.72. The number of aromatic nitrogens is 3. The molecule has 0 aliphatic heterocycles. The van der Waals surface area contributed by atoms with Crippen molar-refractivity contribution in [3.63, 3.8) is 0 Å². The van der Waals surface area contributed by atoms with Crippen LogP contribution in [0.25, 0.3) is 0 Å². The fraction of sp³-hybridized carbons (Fsp3) is 0.562. The van der Waals surface area contributed by atoms with Gasteiger partial charge in [-0.1, -0.05) is 19.0 Å². The van der Waals surface area contributed by atoms with Crippen LogP contribution < -0.4 is 0 Å². The van der Waals surface area contributed by atoms with Gasteiger partial charge in [0.05, 0.1) is 12.2 Å². The molecule has 0 bridgehead atoms. The van der Waals surface area contributed by atoms with Crippen LogP contribution in [0.4, 0.5) is 0 Å². The number of rotatable bonds is 4. The van der Waals surface area contributed by atoms with Gasteiger partial charge >= 0.3 is 0 Å². The Morgan fingerprint density at radius 3 is 2.91 bits per heavy atom. The number of nitrogens with zero attached hydrogens (tertiary/aromatic N) is 3. The van der Waals surface area contributed by atoms with E-state index in [1.54, 1.807) is 18.0 Å². The quantitative estimate of drug-likeness (QED) is 0.942. The minimum Gasteiger partial charge on any atom is -0.360 e. The number of aromatic amines is 1. The molecule has 1 aliphatic rings. The number of fused-ring (bicyclic) bond motifs is 1. The fourth-order valence-corrected chi connectivity index (χ4v) is 2.83. The van der Waals surface area contributed by atoms with E-state index < -0.39 is 0 Å². The Kier molecular flexibility index (Phi) is 4.00. The summed E-state index contributed by atoms with van der Waals surface area (Å²) in [6, 6.07) is 1.73. The highest BCUT2D eigenvalue weighted by molar-refractivity contribution is 5.92. The van der Waals surface area contributed by atoms with Gasteiger partial charge in [-0.25, -0.2) is 0 Å². The average molecular weight is 302 g/mol. The molecule has 0 saturated carbocycles. The van der Waals surface area contributed by atoms with Crippen LogP contribution in [-0.4, -0.2) is 33.2 Å². The number of nitrogens with one attached hydrogen (secondary N) is 1. The Hall–Kier alpha value is -2.11. The molecule has 2 aromatic rings. The molecule has 6 heteroatoms. The molecular formula is C16H22N4O2. The third kappa shape index (κ3) is 2.77. The summed E-state index contributed by atoms with van der Waals surface area (Å²) in [5.41, 5.74) is 3.84. The number of amides is 1. The summed E-state index contributed by atoms with van der Waals surface area (Å²) < 4.78 is 5.20. The molecule has 118 valence electrons. The molecule has 1 N–H and O–H groups in total. The summed E-state index contributed by atoms with van der Waals surface area (Å²) in [6.07, 6.45) is 4.50. The first-order valence-corrected chi connectivity index (χ1v) is 7.83. The van der Waals surface area contributed by atoms with E-state index in [1.165, 1.54) is 24.1 Å². The third-order valence-electron chi connectivity index (χ3n) is 4.19. The van der Waals surface area contributed by atoms with Crippen molar-refractivity contribution in [2.75, 3.05) is 7.05 Å². The van der Waals surface area contributed by atoms with Crippen molar-refractivity contribution in [2.24, 2.45) is 0 Å². The van der Waals surface area contributed by atoms with Crippen molar-refractivity contribution in [3.8, 4) is 0 Å². The summed E-state index contributed by atoms with van der Waals surface area (Å²) in [4.78, 5) is 14.1. The van der Waals surface area contributed by atoms with Gasteiger partial charge in [-0.2, -0.15) is 5.10 Å². The second-order valence-corrected chi connectivity index (χ2v) is 6.26. The molecular weight excluding hydrogens is 280 g/mol. The lowest BCUT2D eigenvalue weighted by atomic mass is 9.96. The maximum Gasteiger partial charge on any atom is 0.276 e. The Labute approximate surface area is 129 Å². The van der Waals surface area contributed by atoms with Gasteiger partial charge in [0, 0.05) is 24.7 Å². The first-order valence-electron chi connectivity index (χ1n) is 7.83. The molecule has 3 rings (SSSR count). The van der Waals surface area contributed by atoms with Crippen molar-refractivity contribution in [2.45, 2.75) is 52.0 Å². The van der Waals surface area contributed by atoms with Gasteiger partial charge in [0.1, 0.15) is 5.76 Å². The van der Waals surface area contributed by atoms with Crippen LogP contribution in [-0.2, 0) is 19.4 Å². The number of carbonyl (C=O) groups excluding carboxylic acids is 1. The van der Waals surface area contributed by atoms with E-state index in [1.807, 2.05) is 13.8 Å². The number of aryl methyl sites for hydroxylation is 1. The van der Waals surface area contributed by atoms with Crippen molar-refractivity contribution in [3.05, 3.63) is 34.5 Å². The fourth-order valence-electron chi connectivity index (χ4n) is 2.83. The van der Waals surface area contributed by atoms with Crippen LogP contribution in [0.2, 0.25) is 0 Å². The van der Waals surface area contributed by atoms with Gasteiger partial charge < -0.3 is 9.42 Å². The molecule has 2 aromatic heterocycles. The highest BCUT2D eigenvalue weighted by Crippen LogP contribution is 2.23. The Bertz CT molecular complexity index is 671. The topological polar surface area (TPSA) is 75.0 Å². The van der Waals surface area contributed by atoms with E-state index >= 15 is 0 Å². The van der Waals surface area contributed by atoms with Crippen LogP contribution in [0.3, 0.4) is 0 Å². The molecule has 22 heavy (non-hydrogen) atoms. The normalized spacial score (nSPS) is 14.2. The molecule has 6 nitrogen and oxygen atoms in total. The van der Waals surface area contributed by atoms with Crippen molar-refractivity contribution >= 4 is 5.91 Å². The lowest BCUT2D eigenvalue weighted by Crippen LogP contribution is -2.27. The van der Waals surface area contributed by atoms with Crippen LogP contribution in [0, 0.1) is 0 Å². The molecule has 0 unspecified atom stereocenters. The van der Waals surface area contributed by atoms with E-state index in [0.717, 1.165) is 24.3 Å². The Morgan fingerprint density at radius 1 is 1.41 bits per heavy atom. The van der Waals surface area contributed by atoms with Gasteiger partial charge in [0.2, 0.25) is 0 Å². The number of H-pyrrole nitrogens is 1. The Morgan fingerprint density at radius 2 is 2.18 bits per heavy atom. The maximum atomic E-state index is 12.4. The standard InChI is InChI=1S/C16H22N4O2/c1-10(2)15-8-13(19-22-15)16(21)20(3)9-14-11-6-4-5-7-12(11)17-18-14/h8,10H,4-7,9H2,1-3H3,(H,17,18). The third-order valence-corrected chi connectivity index (χ3v) is 4.19. The van der Waals surface area contributed by atoms with Crippen LogP contribution in [0.15, 0.2) is 10.6 Å². The van der Waals surface area contributed by atoms with Gasteiger partial charge in [0.25, 0.3) is 5.91 Å². The average Bonchev–Trinajstić information content (AvgIpc) is 3.14. The SMILES string of the molecule is CC(C)c1cc(C(=O)N(C)Cc2n[nH]c3c2CCCC3)no1. The smallest absolute Gasteiger partial charge is 0.276 e. The van der Waals surface area contributed by atoms with Crippen molar-refractivity contribution < 1.29 is 9.32 Å². The lowest BCUT2D eigenvalue weighted by Gasteiger charge is -2.16. The zero-order chi connectivity index (χ0) is 15.7. The van der Waals surface area contributed by atoms with E-state index in [4.69, 9.17) is 4.52 Å². The number of carbonyl (C=O) groups is 1. The molecule has 0 saturated heterocycles. The summed E-state index contributed by atoms with van der Waals surface area (Å²) in [5, 5.41) is 11.4. The van der Waals surface area contributed by atoms with Gasteiger partial charge in [-0.3, -0.25) is 9.89 Å². The van der Waals surface area contributed by atoms with E-state index in [9.17, 15) is 4.79 Å². The molecule has 2 heterocycles. The molecule has 0 atom stereocenters. The molecule has 1 aliphatic carbocycles. The van der Waals surface area contributed by atoms with E-state index in [0.29, 0.717) is 12.2 Å². The van der Waals surface area contributed by atoms with Gasteiger partial charge in [0.15, 0.2) is 5.69 Å². The largest absolute Gasteiger partial charge is 0.360 e. The number of hydrogen-bond acceptors (Lipinski definition) is 4. The van der Waals surface area contributed by atoms with Gasteiger partial charge in [-0.15, -0.1) is 0 Å². The minimum atomic E-state index is -0.136. The lowest BCUT2D eigenvalue weighted by molar-refractivity contribution is 0.0772. The molecule has 1 amide bonds. The van der Waals surface area contributed by atoms with E-state index in [-0.39, 0.29) is 11.8 Å². The van der Waals surface area contributed by atoms with Crippen LogP contribution >= 0.6 is 0 Å². The molecule has 0 radical (unpaired) electrons. The molecule has 0 spiro atoms. The summed E-state index contributed by atoms with van der Waals surface area (Å²) in [6.45, 7) is 4.51. The van der Waals surface area contributed by atoms with Crippen LogP contribution in [0.5, 0.6) is 0 Å². The van der Waals surface area contributed by atoms with Crippen molar-refractivity contribution in [1.82, 2.24) is 20.3 Å². The monoisotopic (exact) mass is 302 g/mol. The first kappa shape index (κ1) is 14.8. The highest BCUT2D eigenvalue weighted by atomic mass is 16.5. The summed E-state index contributed by atoms with van der Waals surface area (Å²) in [5.74, 6) is 0.815. The minimum absolute atomic E-state index is 0.136. The summed E-state index contributed by atoms with van der Waals surface area (Å²) in [7, 11) is 1.77. The second-order valence-electron chi connectivity index (χ2n) is 6.26. The molecule has 0 fully saturated rings. The number of hydrogen-bond donors (Lipinski definition) is 1. The predicted octanol–water partition coefficient (Wildman–Crippen LogP) is 2.67. The van der Waals surface area contributed by atoms with Crippen molar-refractivity contribution in [1.29, 1.82) is 0 Å². The zero-order valence-electron chi connectivity index (χ0n) is 13.3. The zero-order valence-corrected chi connectivity index (χ0v) is 13.3. The molecule has 0 aromatic carbocycles. The maximum absolute atomic E-state index is 12.4. The van der Waals surface area contributed by atoms with E-state index in [2.05, 4.69) is 15.4 Å². The van der Waals surface area contributed by atoms with Crippen LogP contribution in [0.1, 0.15) is 65.8 Å². The first-order chi connectivity index (χ1) is 10.6.